The first kappa shape index (κ1) is 21.8. The van der Waals surface area contributed by atoms with Gasteiger partial charge < -0.3 is 19.9 Å². The number of carbonyl (C=O) groups excluding carboxylic acids is 1. The van der Waals surface area contributed by atoms with E-state index in [9.17, 15) is 4.79 Å². The summed E-state index contributed by atoms with van der Waals surface area (Å²) in [7, 11) is 2.22. The Labute approximate surface area is 186 Å². The van der Waals surface area contributed by atoms with E-state index in [1.54, 1.807) is 0 Å². The summed E-state index contributed by atoms with van der Waals surface area (Å²) in [5.41, 5.74) is 1.74. The first-order valence-electron chi connectivity index (χ1n) is 11.6. The molecular formula is C26H35N3O2. The first-order valence-corrected chi connectivity index (χ1v) is 11.6. The van der Waals surface area contributed by atoms with Crippen LogP contribution in [-0.2, 0) is 0 Å². The molecule has 1 amide bonds. The molecule has 4 rings (SSSR count). The van der Waals surface area contributed by atoms with Crippen LogP contribution in [0.5, 0.6) is 5.75 Å². The molecule has 2 aliphatic heterocycles. The van der Waals surface area contributed by atoms with Gasteiger partial charge in [0, 0.05) is 24.7 Å². The molecule has 0 spiro atoms. The molecule has 166 valence electrons. The third-order valence-corrected chi connectivity index (χ3v) is 6.73. The maximum atomic E-state index is 12.7. The molecule has 2 fully saturated rings. The van der Waals surface area contributed by atoms with Crippen LogP contribution in [0.4, 0.5) is 0 Å². The monoisotopic (exact) mass is 421 g/mol. The van der Waals surface area contributed by atoms with Crippen molar-refractivity contribution in [2.75, 3.05) is 33.2 Å². The van der Waals surface area contributed by atoms with Crippen LogP contribution in [0.1, 0.15) is 54.6 Å². The zero-order valence-electron chi connectivity index (χ0n) is 18.8. The summed E-state index contributed by atoms with van der Waals surface area (Å²) in [6.07, 6.45) is 4.88. The Kier molecular flexibility index (Phi) is 7.25. The molecule has 2 aliphatic rings. The predicted octanol–water partition coefficient (Wildman–Crippen LogP) is 4.12. The van der Waals surface area contributed by atoms with Crippen molar-refractivity contribution in [2.45, 2.75) is 50.8 Å². The quantitative estimate of drug-likeness (QED) is 0.762. The van der Waals surface area contributed by atoms with Gasteiger partial charge in [-0.15, -0.1) is 0 Å². The number of benzene rings is 2. The standard InChI is InChI=1S/C26H35N3O2/c1-20(21-7-4-3-5-8-21)27-26(30)22-9-6-10-25(19-22)31-24-13-17-29(18-14-24)23-11-15-28(2)16-12-23/h3-10,19-20,23-24H,11-18H2,1-2H3,(H,27,30)/t20-/m0/s1. The number of nitrogens with zero attached hydrogens (tertiary/aromatic N) is 2. The molecule has 0 aromatic heterocycles. The summed E-state index contributed by atoms with van der Waals surface area (Å²) >= 11 is 0. The molecule has 0 unspecified atom stereocenters. The van der Waals surface area contributed by atoms with Gasteiger partial charge in [-0.05, 0) is 76.5 Å². The van der Waals surface area contributed by atoms with Gasteiger partial charge in [-0.1, -0.05) is 36.4 Å². The molecule has 1 N–H and O–H groups in total. The van der Waals surface area contributed by atoms with Crippen LogP contribution in [0, 0.1) is 0 Å². The molecule has 0 saturated carbocycles. The molecule has 0 radical (unpaired) electrons. The number of ether oxygens (including phenoxy) is 1. The second kappa shape index (κ2) is 10.3. The van der Waals surface area contributed by atoms with E-state index in [1.807, 2.05) is 61.5 Å². The molecule has 2 aromatic rings. The molecule has 5 heteroatoms. The topological polar surface area (TPSA) is 44.8 Å². The normalized spacial score (nSPS) is 20.3. The van der Waals surface area contributed by atoms with Gasteiger partial charge in [0.15, 0.2) is 0 Å². The molecular weight excluding hydrogens is 386 g/mol. The minimum absolute atomic E-state index is 0.0397. The van der Waals surface area contributed by atoms with Crippen LogP contribution in [0.2, 0.25) is 0 Å². The first-order chi connectivity index (χ1) is 15.1. The lowest BCUT2D eigenvalue weighted by Crippen LogP contribution is -2.48. The van der Waals surface area contributed by atoms with E-state index in [1.165, 1.54) is 25.9 Å². The van der Waals surface area contributed by atoms with Gasteiger partial charge in [-0.25, -0.2) is 0 Å². The zero-order chi connectivity index (χ0) is 21.6. The van der Waals surface area contributed by atoms with Crippen LogP contribution in [0.3, 0.4) is 0 Å². The van der Waals surface area contributed by atoms with Gasteiger partial charge >= 0.3 is 0 Å². The van der Waals surface area contributed by atoms with Crippen molar-refractivity contribution in [3.05, 3.63) is 65.7 Å². The third-order valence-electron chi connectivity index (χ3n) is 6.73. The number of carbonyl (C=O) groups is 1. The molecule has 31 heavy (non-hydrogen) atoms. The van der Waals surface area contributed by atoms with Crippen molar-refractivity contribution in [1.29, 1.82) is 0 Å². The molecule has 0 bridgehead atoms. The van der Waals surface area contributed by atoms with E-state index in [0.29, 0.717) is 5.56 Å². The highest BCUT2D eigenvalue weighted by molar-refractivity contribution is 5.94. The van der Waals surface area contributed by atoms with Gasteiger partial charge in [0.1, 0.15) is 11.9 Å². The SMILES string of the molecule is C[C@H](NC(=O)c1cccc(OC2CCN(C3CCN(C)CC3)CC2)c1)c1ccccc1. The Bertz CT molecular complexity index is 841. The number of rotatable bonds is 6. The molecule has 1 atom stereocenters. The fourth-order valence-electron chi connectivity index (χ4n) is 4.73. The number of likely N-dealkylation sites (tertiary alicyclic amines) is 2. The Morgan fingerprint density at radius 3 is 2.39 bits per heavy atom. The summed E-state index contributed by atoms with van der Waals surface area (Å²) in [6, 6.07) is 18.3. The average Bonchev–Trinajstić information content (AvgIpc) is 2.81. The molecule has 2 heterocycles. The smallest absolute Gasteiger partial charge is 0.251 e. The lowest BCUT2D eigenvalue weighted by atomic mass is 9.99. The zero-order valence-corrected chi connectivity index (χ0v) is 18.8. The largest absolute Gasteiger partial charge is 0.490 e. The summed E-state index contributed by atoms with van der Waals surface area (Å²) < 4.78 is 6.27. The highest BCUT2D eigenvalue weighted by Crippen LogP contribution is 2.24. The van der Waals surface area contributed by atoms with Gasteiger partial charge in [0.25, 0.3) is 5.91 Å². The van der Waals surface area contributed by atoms with Crippen LogP contribution in [0.25, 0.3) is 0 Å². The summed E-state index contributed by atoms with van der Waals surface area (Å²) in [5.74, 6) is 0.719. The van der Waals surface area contributed by atoms with E-state index in [-0.39, 0.29) is 18.1 Å². The predicted molar refractivity (Wildman–Crippen MR) is 125 cm³/mol. The number of hydrogen-bond acceptors (Lipinski definition) is 4. The average molecular weight is 422 g/mol. The summed E-state index contributed by atoms with van der Waals surface area (Å²) in [4.78, 5) is 17.8. The maximum Gasteiger partial charge on any atom is 0.251 e. The van der Waals surface area contributed by atoms with E-state index in [2.05, 4.69) is 22.2 Å². The molecule has 2 aromatic carbocycles. The number of hydrogen-bond donors (Lipinski definition) is 1. The lowest BCUT2D eigenvalue weighted by Gasteiger charge is -2.41. The van der Waals surface area contributed by atoms with Crippen molar-refractivity contribution >= 4 is 5.91 Å². The van der Waals surface area contributed by atoms with Crippen LogP contribution >= 0.6 is 0 Å². The van der Waals surface area contributed by atoms with E-state index < -0.39 is 0 Å². The van der Waals surface area contributed by atoms with Crippen molar-refractivity contribution in [2.24, 2.45) is 0 Å². The van der Waals surface area contributed by atoms with Crippen molar-refractivity contribution in [3.63, 3.8) is 0 Å². The van der Waals surface area contributed by atoms with Gasteiger partial charge in [0.2, 0.25) is 0 Å². The molecule has 5 nitrogen and oxygen atoms in total. The number of amides is 1. The minimum Gasteiger partial charge on any atom is -0.490 e. The third kappa shape index (κ3) is 5.86. The van der Waals surface area contributed by atoms with Gasteiger partial charge in [-0.3, -0.25) is 4.79 Å². The fraction of sp³-hybridized carbons (Fsp3) is 0.500. The summed E-state index contributed by atoms with van der Waals surface area (Å²) in [6.45, 7) is 6.63. The fourth-order valence-corrected chi connectivity index (χ4v) is 4.73. The summed E-state index contributed by atoms with van der Waals surface area (Å²) in [5, 5.41) is 3.08. The van der Waals surface area contributed by atoms with Crippen molar-refractivity contribution in [1.82, 2.24) is 15.1 Å². The second-order valence-corrected chi connectivity index (χ2v) is 9.02. The van der Waals surface area contributed by atoms with Crippen molar-refractivity contribution < 1.29 is 9.53 Å². The Balaban J connectivity index is 1.28. The molecule has 0 aliphatic carbocycles. The number of nitrogens with one attached hydrogen (secondary N) is 1. The maximum absolute atomic E-state index is 12.7. The highest BCUT2D eigenvalue weighted by atomic mass is 16.5. The van der Waals surface area contributed by atoms with E-state index >= 15 is 0 Å². The van der Waals surface area contributed by atoms with E-state index in [4.69, 9.17) is 4.74 Å². The van der Waals surface area contributed by atoms with Crippen LogP contribution in [-0.4, -0.2) is 61.1 Å². The molecule has 2 saturated heterocycles. The van der Waals surface area contributed by atoms with Gasteiger partial charge in [-0.2, -0.15) is 0 Å². The highest BCUT2D eigenvalue weighted by Gasteiger charge is 2.28. The van der Waals surface area contributed by atoms with Gasteiger partial charge in [0.05, 0.1) is 6.04 Å². The Hall–Kier alpha value is -2.37. The van der Waals surface area contributed by atoms with Crippen LogP contribution < -0.4 is 10.1 Å². The Morgan fingerprint density at radius 2 is 1.68 bits per heavy atom. The van der Waals surface area contributed by atoms with Crippen LogP contribution in [0.15, 0.2) is 54.6 Å². The lowest BCUT2D eigenvalue weighted by molar-refractivity contribution is 0.0525. The second-order valence-electron chi connectivity index (χ2n) is 9.02. The number of piperidine rings is 2. The van der Waals surface area contributed by atoms with Crippen molar-refractivity contribution in [3.8, 4) is 5.75 Å². The van der Waals surface area contributed by atoms with E-state index in [0.717, 1.165) is 43.3 Å². The minimum atomic E-state index is -0.0705. The Morgan fingerprint density at radius 1 is 0.968 bits per heavy atom.